The molecule has 0 saturated heterocycles. The van der Waals surface area contributed by atoms with Crippen molar-refractivity contribution in [1.29, 1.82) is 0 Å². The molecule has 0 bridgehead atoms. The zero-order valence-electron chi connectivity index (χ0n) is 15.8. The summed E-state index contributed by atoms with van der Waals surface area (Å²) in [4.78, 5) is 11.4. The van der Waals surface area contributed by atoms with Gasteiger partial charge < -0.3 is 4.74 Å². The van der Waals surface area contributed by atoms with Crippen LogP contribution in [-0.4, -0.2) is 17.7 Å². The lowest BCUT2D eigenvalue weighted by atomic mass is 9.98. The molecule has 0 saturated carbocycles. The van der Waals surface area contributed by atoms with Gasteiger partial charge in [0, 0.05) is 6.42 Å². The van der Waals surface area contributed by atoms with Gasteiger partial charge >= 0.3 is 5.97 Å². The Morgan fingerprint density at radius 2 is 1.25 bits per heavy atom. The fourth-order valence-corrected chi connectivity index (χ4v) is 3.53. The Hall–Kier alpha value is 0.170. The fraction of sp³-hybridized carbons (Fsp3) is 0.950. The van der Waals surface area contributed by atoms with Crippen LogP contribution in [0.4, 0.5) is 0 Å². The quantitative estimate of drug-likeness (QED) is 0.119. The molecule has 1 atom stereocenters. The largest absolute Gasteiger partial charge is 0.455 e. The van der Waals surface area contributed by atoms with E-state index < -0.39 is 0 Å². The van der Waals surface area contributed by atoms with E-state index in [9.17, 15) is 4.79 Å². The first-order valence-corrected chi connectivity index (χ1v) is 11.4. The van der Waals surface area contributed by atoms with Crippen molar-refractivity contribution in [3.8, 4) is 0 Å². The van der Waals surface area contributed by atoms with E-state index in [-0.39, 0.29) is 11.9 Å². The predicted octanol–water partition coefficient (Wildman–Crippen LogP) is 6.83. The van der Waals surface area contributed by atoms with E-state index >= 15 is 0 Å². The maximum atomic E-state index is 11.4. The molecular formula is C20H40O2S2. The Labute approximate surface area is 161 Å². The number of rotatable bonds is 18. The van der Waals surface area contributed by atoms with Gasteiger partial charge in [-0.05, 0) is 18.1 Å². The summed E-state index contributed by atoms with van der Waals surface area (Å²) in [5, 5.41) is 0. The van der Waals surface area contributed by atoms with E-state index in [1.165, 1.54) is 83.5 Å². The van der Waals surface area contributed by atoms with Gasteiger partial charge in [0.25, 0.3) is 0 Å². The first-order valence-electron chi connectivity index (χ1n) is 10.1. The number of thiol groups is 2. The van der Waals surface area contributed by atoms with Crippen LogP contribution >= 0.6 is 25.3 Å². The van der Waals surface area contributed by atoms with Crippen LogP contribution in [0.2, 0.25) is 0 Å². The number of hydrogen-bond acceptors (Lipinski definition) is 4. The van der Waals surface area contributed by atoms with Gasteiger partial charge in [0.15, 0.2) is 0 Å². The summed E-state index contributed by atoms with van der Waals surface area (Å²) in [6, 6.07) is 0. The highest BCUT2D eigenvalue weighted by atomic mass is 32.1. The van der Waals surface area contributed by atoms with Crippen molar-refractivity contribution in [1.82, 2.24) is 0 Å². The fourth-order valence-electron chi connectivity index (χ4n) is 3.08. The molecule has 0 heterocycles. The summed E-state index contributed by atoms with van der Waals surface area (Å²) >= 11 is 8.26. The minimum absolute atomic E-state index is 0.140. The molecule has 0 amide bonds. The summed E-state index contributed by atoms with van der Waals surface area (Å²) in [5.74, 6) is 1.16. The lowest BCUT2D eigenvalue weighted by Gasteiger charge is -2.13. The number of hydrogen-bond donors (Lipinski definition) is 2. The van der Waals surface area contributed by atoms with E-state index in [2.05, 4.69) is 32.2 Å². The summed E-state index contributed by atoms with van der Waals surface area (Å²) in [7, 11) is 0. The van der Waals surface area contributed by atoms with Crippen LogP contribution in [-0.2, 0) is 9.53 Å². The monoisotopic (exact) mass is 376 g/mol. The molecule has 0 radical (unpaired) electrons. The van der Waals surface area contributed by atoms with Crippen molar-refractivity contribution in [2.45, 2.75) is 103 Å². The third-order valence-electron chi connectivity index (χ3n) is 4.66. The topological polar surface area (TPSA) is 26.3 Å². The summed E-state index contributed by atoms with van der Waals surface area (Å²) in [6.45, 7) is 2.27. The standard InChI is InChI=1S/C20H40O2S2/c1-2-3-4-5-6-7-8-9-10-11-12-13-14-15-19(17-23)16-20(21)22-18-24/h19,23-24H,2-18H2,1H3. The van der Waals surface area contributed by atoms with Crippen molar-refractivity contribution in [2.75, 3.05) is 11.7 Å². The average molecular weight is 377 g/mol. The van der Waals surface area contributed by atoms with Crippen LogP contribution in [0, 0.1) is 5.92 Å². The Morgan fingerprint density at radius 1 is 0.792 bits per heavy atom. The van der Waals surface area contributed by atoms with Crippen LogP contribution in [0.5, 0.6) is 0 Å². The number of carbonyl (C=O) groups excluding carboxylic acids is 1. The van der Waals surface area contributed by atoms with Crippen molar-refractivity contribution < 1.29 is 9.53 Å². The third-order valence-corrected chi connectivity index (χ3v) is 5.30. The van der Waals surface area contributed by atoms with E-state index in [0.29, 0.717) is 12.3 Å². The summed E-state index contributed by atoms with van der Waals surface area (Å²) < 4.78 is 4.88. The molecule has 0 aromatic heterocycles. The van der Waals surface area contributed by atoms with Gasteiger partial charge in [-0.3, -0.25) is 4.79 Å². The molecular weight excluding hydrogens is 336 g/mol. The lowest BCUT2D eigenvalue weighted by Crippen LogP contribution is -2.12. The van der Waals surface area contributed by atoms with Crippen LogP contribution in [0.1, 0.15) is 103 Å². The van der Waals surface area contributed by atoms with Crippen LogP contribution in [0.25, 0.3) is 0 Å². The van der Waals surface area contributed by atoms with E-state index in [0.717, 1.165) is 12.2 Å². The summed E-state index contributed by atoms with van der Waals surface area (Å²) in [5.41, 5.74) is 0. The highest BCUT2D eigenvalue weighted by Gasteiger charge is 2.12. The Bertz CT molecular complexity index is 272. The number of esters is 1. The van der Waals surface area contributed by atoms with Gasteiger partial charge in [-0.1, -0.05) is 90.4 Å². The SMILES string of the molecule is CCCCCCCCCCCCCCCC(CS)CC(=O)OCS. The molecule has 1 unspecified atom stereocenters. The van der Waals surface area contributed by atoms with Gasteiger partial charge in [-0.15, -0.1) is 12.6 Å². The molecule has 0 aromatic carbocycles. The number of unbranched alkanes of at least 4 members (excludes halogenated alkanes) is 12. The van der Waals surface area contributed by atoms with Crippen LogP contribution in [0.3, 0.4) is 0 Å². The molecule has 0 N–H and O–H groups in total. The highest BCUT2D eigenvalue weighted by Crippen LogP contribution is 2.18. The zero-order valence-corrected chi connectivity index (χ0v) is 17.6. The molecule has 24 heavy (non-hydrogen) atoms. The maximum Gasteiger partial charge on any atom is 0.306 e. The molecule has 0 aliphatic heterocycles. The molecule has 2 nitrogen and oxygen atoms in total. The highest BCUT2D eigenvalue weighted by molar-refractivity contribution is 7.80. The third kappa shape index (κ3) is 17.0. The minimum Gasteiger partial charge on any atom is -0.455 e. The van der Waals surface area contributed by atoms with Crippen molar-refractivity contribution in [3.05, 3.63) is 0 Å². The summed E-state index contributed by atoms with van der Waals surface area (Å²) in [6.07, 6.45) is 19.4. The van der Waals surface area contributed by atoms with Crippen molar-refractivity contribution in [3.63, 3.8) is 0 Å². The van der Waals surface area contributed by atoms with Crippen LogP contribution in [0.15, 0.2) is 0 Å². The maximum absolute atomic E-state index is 11.4. The van der Waals surface area contributed by atoms with Gasteiger partial charge in [0.1, 0.15) is 5.94 Å². The first kappa shape index (κ1) is 24.2. The van der Waals surface area contributed by atoms with Crippen molar-refractivity contribution >= 4 is 31.2 Å². The molecule has 144 valence electrons. The average Bonchev–Trinajstić information content (AvgIpc) is 2.58. The van der Waals surface area contributed by atoms with Gasteiger partial charge in [-0.2, -0.15) is 12.6 Å². The van der Waals surface area contributed by atoms with Gasteiger partial charge in [-0.25, -0.2) is 0 Å². The predicted molar refractivity (Wildman–Crippen MR) is 112 cm³/mol. The second kappa shape index (κ2) is 19.5. The molecule has 0 aliphatic carbocycles. The molecule has 0 rings (SSSR count). The lowest BCUT2D eigenvalue weighted by molar-refractivity contribution is -0.142. The zero-order chi connectivity index (χ0) is 17.9. The Kier molecular flexibility index (Phi) is 19.6. The molecule has 0 fully saturated rings. The second-order valence-corrected chi connectivity index (χ2v) is 7.55. The van der Waals surface area contributed by atoms with Crippen LogP contribution < -0.4 is 0 Å². The molecule has 0 spiro atoms. The first-order chi connectivity index (χ1) is 11.7. The van der Waals surface area contributed by atoms with E-state index in [4.69, 9.17) is 4.74 Å². The molecule has 4 heteroatoms. The molecule has 0 aromatic rings. The normalized spacial score (nSPS) is 12.3. The molecule has 0 aliphatic rings. The smallest absolute Gasteiger partial charge is 0.306 e. The minimum atomic E-state index is -0.140. The second-order valence-electron chi connectivity index (χ2n) is 6.93. The van der Waals surface area contributed by atoms with Gasteiger partial charge in [0.05, 0.1) is 0 Å². The number of carbonyl (C=O) groups is 1. The van der Waals surface area contributed by atoms with Crippen molar-refractivity contribution in [2.24, 2.45) is 5.92 Å². The number of ether oxygens (including phenoxy) is 1. The van der Waals surface area contributed by atoms with Gasteiger partial charge in [0.2, 0.25) is 0 Å². The van der Waals surface area contributed by atoms with E-state index in [1.807, 2.05) is 0 Å². The Morgan fingerprint density at radius 3 is 1.67 bits per heavy atom. The Balaban J connectivity index is 3.30. The van der Waals surface area contributed by atoms with E-state index in [1.54, 1.807) is 0 Å².